The number of carbonyl (C=O) groups is 2. The predicted molar refractivity (Wildman–Crippen MR) is 125 cm³/mol. The molecule has 0 heterocycles. The van der Waals surface area contributed by atoms with Crippen molar-refractivity contribution in [2.45, 2.75) is 13.8 Å². The molecule has 0 fully saturated rings. The highest BCUT2D eigenvalue weighted by molar-refractivity contribution is 6.42. The van der Waals surface area contributed by atoms with E-state index in [2.05, 4.69) is 0 Å². The van der Waals surface area contributed by atoms with Crippen LogP contribution in [-0.2, 0) is 0 Å². The van der Waals surface area contributed by atoms with Crippen LogP contribution >= 0.6 is 23.2 Å². The van der Waals surface area contributed by atoms with Gasteiger partial charge in [-0.15, -0.1) is 0 Å². The number of rotatable bonds is 6. The van der Waals surface area contributed by atoms with Gasteiger partial charge in [0.25, 0.3) is 5.91 Å². The molecule has 0 saturated carbocycles. The summed E-state index contributed by atoms with van der Waals surface area (Å²) in [6.45, 7) is 4.52. The highest BCUT2D eigenvalue weighted by atomic mass is 35.5. The van der Waals surface area contributed by atoms with Gasteiger partial charge in [0.15, 0.2) is 5.78 Å². The molecule has 3 nitrogen and oxygen atoms in total. The molecule has 0 aliphatic rings. The Morgan fingerprint density at radius 1 is 0.900 bits per heavy atom. The van der Waals surface area contributed by atoms with E-state index in [0.29, 0.717) is 27.7 Å². The highest BCUT2D eigenvalue weighted by Gasteiger charge is 2.17. The molecule has 3 aromatic rings. The van der Waals surface area contributed by atoms with Crippen molar-refractivity contribution in [1.82, 2.24) is 0 Å². The summed E-state index contributed by atoms with van der Waals surface area (Å²) in [5.41, 5.74) is 3.82. The molecule has 0 N–H and O–H groups in total. The topological polar surface area (TPSA) is 37.4 Å². The molecule has 0 unspecified atom stereocenters. The third kappa shape index (κ3) is 4.99. The number of carbonyl (C=O) groups excluding carboxylic acids is 2. The molecule has 5 heteroatoms. The van der Waals surface area contributed by atoms with Gasteiger partial charge in [-0.05, 0) is 67.4 Å². The van der Waals surface area contributed by atoms with Crippen molar-refractivity contribution in [2.75, 3.05) is 11.4 Å². The van der Waals surface area contributed by atoms with Crippen molar-refractivity contribution in [3.05, 3.63) is 105 Å². The molecule has 0 aliphatic heterocycles. The maximum Gasteiger partial charge on any atom is 0.258 e. The van der Waals surface area contributed by atoms with Gasteiger partial charge < -0.3 is 4.90 Å². The number of allylic oxidation sites excluding steroid dienone is 1. The van der Waals surface area contributed by atoms with Crippen LogP contribution < -0.4 is 4.90 Å². The van der Waals surface area contributed by atoms with E-state index >= 15 is 0 Å². The van der Waals surface area contributed by atoms with Crippen molar-refractivity contribution in [2.24, 2.45) is 0 Å². The lowest BCUT2D eigenvalue weighted by Crippen LogP contribution is -2.31. The minimum Gasteiger partial charge on any atom is -0.308 e. The van der Waals surface area contributed by atoms with Crippen LogP contribution in [0.2, 0.25) is 10.0 Å². The minimum atomic E-state index is -0.176. The van der Waals surface area contributed by atoms with Crippen molar-refractivity contribution in [3.8, 4) is 0 Å². The van der Waals surface area contributed by atoms with Crippen LogP contribution in [0.4, 0.5) is 5.69 Å². The number of amides is 1. The molecule has 3 rings (SSSR count). The fourth-order valence-electron chi connectivity index (χ4n) is 3.10. The van der Waals surface area contributed by atoms with Gasteiger partial charge in [-0.25, -0.2) is 0 Å². The minimum absolute atomic E-state index is 0.0609. The van der Waals surface area contributed by atoms with Crippen molar-refractivity contribution in [1.29, 1.82) is 0 Å². The summed E-state index contributed by atoms with van der Waals surface area (Å²) in [6, 6.07) is 19.8. The van der Waals surface area contributed by atoms with E-state index in [9.17, 15) is 9.59 Å². The Balaban J connectivity index is 1.74. The Morgan fingerprint density at radius 2 is 1.57 bits per heavy atom. The van der Waals surface area contributed by atoms with Crippen LogP contribution in [0.15, 0.2) is 72.8 Å². The summed E-state index contributed by atoms with van der Waals surface area (Å²) < 4.78 is 0. The summed E-state index contributed by atoms with van der Waals surface area (Å²) in [4.78, 5) is 27.1. The summed E-state index contributed by atoms with van der Waals surface area (Å²) in [6.07, 6.45) is 3.18. The maximum atomic E-state index is 13.0. The van der Waals surface area contributed by atoms with E-state index in [1.54, 1.807) is 41.3 Å². The quantitative estimate of drug-likeness (QED) is 0.311. The van der Waals surface area contributed by atoms with Gasteiger partial charge in [-0.2, -0.15) is 0 Å². The molecule has 0 aliphatic carbocycles. The number of para-hydroxylation sites is 1. The van der Waals surface area contributed by atoms with Crippen molar-refractivity contribution >= 4 is 46.7 Å². The second-order valence-corrected chi connectivity index (χ2v) is 7.60. The van der Waals surface area contributed by atoms with E-state index in [0.717, 1.165) is 16.8 Å². The van der Waals surface area contributed by atoms with Crippen LogP contribution in [0.25, 0.3) is 6.08 Å². The first kappa shape index (κ1) is 21.8. The first-order valence-corrected chi connectivity index (χ1v) is 10.3. The van der Waals surface area contributed by atoms with Gasteiger partial charge in [0.05, 0.1) is 10.0 Å². The maximum absolute atomic E-state index is 13.0. The Morgan fingerprint density at radius 3 is 2.20 bits per heavy atom. The van der Waals surface area contributed by atoms with Gasteiger partial charge in [-0.1, -0.05) is 59.6 Å². The molecule has 0 bridgehead atoms. The van der Waals surface area contributed by atoms with Crippen LogP contribution in [0.5, 0.6) is 0 Å². The van der Waals surface area contributed by atoms with Crippen LogP contribution in [0.3, 0.4) is 0 Å². The van der Waals surface area contributed by atoms with Crippen LogP contribution in [0.1, 0.15) is 38.8 Å². The Bertz CT molecular complexity index is 1100. The number of anilines is 1. The van der Waals surface area contributed by atoms with Crippen LogP contribution in [-0.4, -0.2) is 18.2 Å². The molecule has 0 radical (unpaired) electrons. The number of halogens is 2. The summed E-state index contributed by atoms with van der Waals surface area (Å²) in [7, 11) is 0. The predicted octanol–water partition coefficient (Wildman–Crippen LogP) is 6.86. The second kappa shape index (κ2) is 9.75. The highest BCUT2D eigenvalue weighted by Crippen LogP contribution is 2.24. The fourth-order valence-corrected chi connectivity index (χ4v) is 3.40. The SMILES string of the molecule is CCN(C(=O)c1ccc(/C=C/C(=O)c2ccc(Cl)c(Cl)c2)cc1)c1ccccc1C. The average Bonchev–Trinajstić information content (AvgIpc) is 2.76. The molecule has 3 aromatic carbocycles. The summed E-state index contributed by atoms with van der Waals surface area (Å²) >= 11 is 11.9. The van der Waals surface area contributed by atoms with Gasteiger partial charge in [0, 0.05) is 23.4 Å². The van der Waals surface area contributed by atoms with Gasteiger partial charge in [0.2, 0.25) is 0 Å². The average molecular weight is 438 g/mol. The lowest BCUT2D eigenvalue weighted by molar-refractivity contribution is 0.0987. The van der Waals surface area contributed by atoms with Gasteiger partial charge in [-0.3, -0.25) is 9.59 Å². The molecule has 30 heavy (non-hydrogen) atoms. The zero-order valence-electron chi connectivity index (χ0n) is 16.7. The normalized spacial score (nSPS) is 10.9. The largest absolute Gasteiger partial charge is 0.308 e. The first-order valence-electron chi connectivity index (χ1n) is 9.55. The van der Waals surface area contributed by atoms with E-state index in [1.165, 1.54) is 6.08 Å². The third-order valence-corrected chi connectivity index (χ3v) is 5.50. The molecule has 152 valence electrons. The van der Waals surface area contributed by atoms with E-state index in [-0.39, 0.29) is 11.7 Å². The first-order chi connectivity index (χ1) is 14.4. The number of nitrogens with zero attached hydrogens (tertiary/aromatic N) is 1. The Hall–Kier alpha value is -2.88. The molecule has 0 aromatic heterocycles. The van der Waals surface area contributed by atoms with Crippen LogP contribution in [0, 0.1) is 6.92 Å². The smallest absolute Gasteiger partial charge is 0.258 e. The third-order valence-electron chi connectivity index (χ3n) is 4.76. The molecule has 0 atom stereocenters. The Kier molecular flexibility index (Phi) is 7.09. The van der Waals surface area contributed by atoms with E-state index < -0.39 is 0 Å². The van der Waals surface area contributed by atoms with Gasteiger partial charge >= 0.3 is 0 Å². The zero-order chi connectivity index (χ0) is 21.7. The summed E-state index contributed by atoms with van der Waals surface area (Å²) in [5, 5.41) is 0.747. The molecular formula is C25H21Cl2NO2. The standard InChI is InChI=1S/C25H21Cl2NO2/c1-3-28(23-7-5-4-6-17(23)2)25(30)19-11-8-18(9-12-19)10-15-24(29)20-13-14-21(26)22(27)16-20/h4-16H,3H2,1-2H3/b15-10+. The number of hydrogen-bond donors (Lipinski definition) is 0. The van der Waals surface area contributed by atoms with Crippen molar-refractivity contribution in [3.63, 3.8) is 0 Å². The number of hydrogen-bond acceptors (Lipinski definition) is 2. The van der Waals surface area contributed by atoms with Gasteiger partial charge in [0.1, 0.15) is 0 Å². The number of aryl methyl sites for hydroxylation is 1. The monoisotopic (exact) mass is 437 g/mol. The molecule has 0 spiro atoms. The Labute approximate surface area is 186 Å². The molecular weight excluding hydrogens is 417 g/mol. The van der Waals surface area contributed by atoms with E-state index in [4.69, 9.17) is 23.2 Å². The van der Waals surface area contributed by atoms with E-state index in [1.807, 2.05) is 50.2 Å². The fraction of sp³-hybridized carbons (Fsp3) is 0.120. The summed E-state index contributed by atoms with van der Waals surface area (Å²) in [5.74, 6) is -0.236. The van der Waals surface area contributed by atoms with Crippen molar-refractivity contribution < 1.29 is 9.59 Å². The molecule has 0 saturated heterocycles. The second-order valence-electron chi connectivity index (χ2n) is 6.78. The lowest BCUT2D eigenvalue weighted by Gasteiger charge is -2.23. The molecule has 1 amide bonds. The lowest BCUT2D eigenvalue weighted by atomic mass is 10.1. The number of benzene rings is 3. The zero-order valence-corrected chi connectivity index (χ0v) is 18.2. The number of ketones is 1.